The first-order chi connectivity index (χ1) is 15.2. The lowest BCUT2D eigenvalue weighted by Gasteiger charge is -2.21. The van der Waals surface area contributed by atoms with E-state index in [1.165, 1.54) is 48.7 Å². The van der Waals surface area contributed by atoms with Gasteiger partial charge in [-0.15, -0.1) is 0 Å². The van der Waals surface area contributed by atoms with Crippen molar-refractivity contribution in [2.45, 2.75) is 43.6 Å². The standard InChI is InChI=1S/C23H26FNO6S/c1-16(22(26)17-7-9-18(24)10-8-17)31-23(27)20-15-19(11-12-21(20)30-2)32(28,29)25-13-5-3-4-6-14-25/h7-12,15-16H,3-6,13-14H2,1-2H3/t16-/m1/s1. The number of esters is 1. The Hall–Kier alpha value is -2.78. The highest BCUT2D eigenvalue weighted by Crippen LogP contribution is 2.27. The molecule has 1 aliphatic heterocycles. The lowest BCUT2D eigenvalue weighted by molar-refractivity contribution is 0.0315. The lowest BCUT2D eigenvalue weighted by atomic mass is 10.1. The maximum Gasteiger partial charge on any atom is 0.342 e. The molecule has 1 heterocycles. The van der Waals surface area contributed by atoms with Gasteiger partial charge in [-0.2, -0.15) is 4.31 Å². The summed E-state index contributed by atoms with van der Waals surface area (Å²) in [7, 11) is -2.44. The van der Waals surface area contributed by atoms with Gasteiger partial charge in [0, 0.05) is 18.7 Å². The van der Waals surface area contributed by atoms with E-state index >= 15 is 0 Å². The first-order valence-corrected chi connectivity index (χ1v) is 11.9. The summed E-state index contributed by atoms with van der Waals surface area (Å²) in [4.78, 5) is 25.3. The molecule has 0 saturated carbocycles. The number of sulfonamides is 1. The van der Waals surface area contributed by atoms with Crippen LogP contribution in [0.2, 0.25) is 0 Å². The molecule has 3 rings (SSSR count). The molecule has 32 heavy (non-hydrogen) atoms. The van der Waals surface area contributed by atoms with Crippen molar-refractivity contribution in [3.05, 3.63) is 59.4 Å². The minimum absolute atomic E-state index is 0.0373. The molecule has 9 heteroatoms. The van der Waals surface area contributed by atoms with Crippen LogP contribution in [-0.2, 0) is 14.8 Å². The zero-order valence-corrected chi connectivity index (χ0v) is 18.9. The van der Waals surface area contributed by atoms with E-state index in [9.17, 15) is 22.4 Å². The molecule has 0 aromatic heterocycles. The molecule has 2 aromatic carbocycles. The summed E-state index contributed by atoms with van der Waals surface area (Å²) in [5.41, 5.74) is 0.0957. The van der Waals surface area contributed by atoms with Crippen LogP contribution in [-0.4, -0.2) is 50.8 Å². The number of halogens is 1. The third kappa shape index (κ3) is 5.34. The van der Waals surface area contributed by atoms with Crippen molar-refractivity contribution in [1.29, 1.82) is 0 Å². The fraction of sp³-hybridized carbons (Fsp3) is 0.391. The quantitative estimate of drug-likeness (QED) is 0.458. The maximum atomic E-state index is 13.1. The third-order valence-corrected chi connectivity index (χ3v) is 7.27. The molecule has 172 valence electrons. The van der Waals surface area contributed by atoms with Crippen LogP contribution >= 0.6 is 0 Å². The first-order valence-electron chi connectivity index (χ1n) is 10.4. The smallest absolute Gasteiger partial charge is 0.342 e. The van der Waals surface area contributed by atoms with Crippen LogP contribution < -0.4 is 4.74 Å². The first kappa shape index (κ1) is 23.9. The van der Waals surface area contributed by atoms with Crippen LogP contribution in [0.5, 0.6) is 5.75 Å². The Balaban J connectivity index is 1.83. The van der Waals surface area contributed by atoms with Crippen molar-refractivity contribution >= 4 is 21.8 Å². The number of benzene rings is 2. The normalized spacial score (nSPS) is 16.1. The van der Waals surface area contributed by atoms with Crippen LogP contribution in [0.15, 0.2) is 47.4 Å². The van der Waals surface area contributed by atoms with Crippen LogP contribution in [0, 0.1) is 5.82 Å². The summed E-state index contributed by atoms with van der Waals surface area (Å²) in [6, 6.07) is 8.89. The Bertz CT molecular complexity index is 1080. The van der Waals surface area contributed by atoms with E-state index < -0.39 is 33.7 Å². The molecule has 0 amide bonds. The molecule has 1 saturated heterocycles. The lowest BCUT2D eigenvalue weighted by Crippen LogP contribution is -2.32. The second-order valence-corrected chi connectivity index (χ2v) is 9.54. The third-order valence-electron chi connectivity index (χ3n) is 5.38. The number of Topliss-reactive ketones (excluding diaryl/α,β-unsaturated/α-hetero) is 1. The predicted octanol–water partition coefficient (Wildman–Crippen LogP) is 3.83. The van der Waals surface area contributed by atoms with Gasteiger partial charge < -0.3 is 9.47 Å². The highest BCUT2D eigenvalue weighted by molar-refractivity contribution is 7.89. The van der Waals surface area contributed by atoms with Gasteiger partial charge in [-0.1, -0.05) is 12.8 Å². The van der Waals surface area contributed by atoms with E-state index in [0.717, 1.165) is 37.8 Å². The molecule has 0 N–H and O–H groups in total. The zero-order valence-electron chi connectivity index (χ0n) is 18.0. The Kier molecular flexibility index (Phi) is 7.63. The summed E-state index contributed by atoms with van der Waals surface area (Å²) in [6.45, 7) is 2.25. The number of carbonyl (C=O) groups is 2. The summed E-state index contributed by atoms with van der Waals surface area (Å²) >= 11 is 0. The van der Waals surface area contributed by atoms with Crippen molar-refractivity contribution in [3.63, 3.8) is 0 Å². The van der Waals surface area contributed by atoms with Gasteiger partial charge in [0.25, 0.3) is 0 Å². The average molecular weight is 464 g/mol. The fourth-order valence-corrected chi connectivity index (χ4v) is 5.11. The van der Waals surface area contributed by atoms with Gasteiger partial charge in [0.15, 0.2) is 6.10 Å². The van der Waals surface area contributed by atoms with E-state index in [1.54, 1.807) is 0 Å². The van der Waals surface area contributed by atoms with Crippen LogP contribution in [0.25, 0.3) is 0 Å². The number of rotatable bonds is 7. The Labute approximate surface area is 187 Å². The highest BCUT2D eigenvalue weighted by Gasteiger charge is 2.28. The topological polar surface area (TPSA) is 90.0 Å². The molecule has 0 spiro atoms. The number of ketones is 1. The number of ether oxygens (including phenoxy) is 2. The summed E-state index contributed by atoms with van der Waals surface area (Å²) in [5, 5.41) is 0. The Morgan fingerprint density at radius 3 is 2.22 bits per heavy atom. The average Bonchev–Trinajstić information content (AvgIpc) is 3.09. The van der Waals surface area contributed by atoms with Crippen molar-refractivity contribution in [3.8, 4) is 5.75 Å². The molecule has 0 unspecified atom stereocenters. The second kappa shape index (κ2) is 10.2. The maximum absolute atomic E-state index is 13.1. The van der Waals surface area contributed by atoms with Crippen molar-refractivity contribution in [2.75, 3.05) is 20.2 Å². The van der Waals surface area contributed by atoms with Crippen molar-refractivity contribution in [2.24, 2.45) is 0 Å². The van der Waals surface area contributed by atoms with Crippen LogP contribution in [0.1, 0.15) is 53.3 Å². The van der Waals surface area contributed by atoms with Crippen LogP contribution in [0.3, 0.4) is 0 Å². The number of nitrogens with zero attached hydrogens (tertiary/aromatic N) is 1. The molecular weight excluding hydrogens is 437 g/mol. The van der Waals surface area contributed by atoms with E-state index in [4.69, 9.17) is 9.47 Å². The van der Waals surface area contributed by atoms with E-state index in [2.05, 4.69) is 0 Å². The molecule has 1 aliphatic rings. The molecule has 0 bridgehead atoms. The van der Waals surface area contributed by atoms with Crippen molar-refractivity contribution in [1.82, 2.24) is 4.31 Å². The van der Waals surface area contributed by atoms with Gasteiger partial charge in [-0.25, -0.2) is 17.6 Å². The van der Waals surface area contributed by atoms with Gasteiger partial charge in [0.05, 0.1) is 12.0 Å². The number of hydrogen-bond donors (Lipinski definition) is 0. The van der Waals surface area contributed by atoms with Crippen LogP contribution in [0.4, 0.5) is 4.39 Å². The van der Waals surface area contributed by atoms with Gasteiger partial charge in [0.1, 0.15) is 17.1 Å². The van der Waals surface area contributed by atoms with Gasteiger partial charge in [0.2, 0.25) is 15.8 Å². The number of carbonyl (C=O) groups excluding carboxylic acids is 2. The molecule has 0 aliphatic carbocycles. The van der Waals surface area contributed by atoms with Gasteiger partial charge >= 0.3 is 5.97 Å². The van der Waals surface area contributed by atoms with Gasteiger partial charge in [-0.3, -0.25) is 4.79 Å². The molecule has 7 nitrogen and oxygen atoms in total. The predicted molar refractivity (Wildman–Crippen MR) is 116 cm³/mol. The summed E-state index contributed by atoms with van der Waals surface area (Å²) in [6.07, 6.45) is 2.36. The largest absolute Gasteiger partial charge is 0.496 e. The molecule has 0 radical (unpaired) electrons. The molecule has 2 aromatic rings. The molecular formula is C23H26FNO6S. The molecule has 1 fully saturated rings. The molecule has 1 atom stereocenters. The fourth-order valence-electron chi connectivity index (χ4n) is 3.56. The zero-order chi connectivity index (χ0) is 23.3. The number of methoxy groups -OCH3 is 1. The second-order valence-electron chi connectivity index (χ2n) is 7.60. The Morgan fingerprint density at radius 2 is 1.62 bits per heavy atom. The summed E-state index contributed by atoms with van der Waals surface area (Å²) in [5.74, 6) is -1.76. The number of hydrogen-bond acceptors (Lipinski definition) is 6. The monoisotopic (exact) mass is 463 g/mol. The van der Waals surface area contributed by atoms with E-state index in [1.807, 2.05) is 0 Å². The van der Waals surface area contributed by atoms with E-state index in [0.29, 0.717) is 13.1 Å². The van der Waals surface area contributed by atoms with E-state index in [-0.39, 0.29) is 21.8 Å². The van der Waals surface area contributed by atoms with Crippen molar-refractivity contribution < 1.29 is 31.9 Å². The summed E-state index contributed by atoms with van der Waals surface area (Å²) < 4.78 is 51.2. The van der Waals surface area contributed by atoms with Gasteiger partial charge in [-0.05, 0) is 62.2 Å². The highest BCUT2D eigenvalue weighted by atomic mass is 32.2. The minimum Gasteiger partial charge on any atom is -0.496 e. The SMILES string of the molecule is COc1ccc(S(=O)(=O)N2CCCCCC2)cc1C(=O)O[C@H](C)C(=O)c1ccc(F)cc1. The minimum atomic E-state index is -3.79. The Morgan fingerprint density at radius 1 is 1.00 bits per heavy atom.